The monoisotopic (exact) mass is 292 g/mol. The van der Waals surface area contributed by atoms with Crippen LogP contribution in [0.5, 0.6) is 0 Å². The Labute approximate surface area is 129 Å². The van der Waals surface area contributed by atoms with Gasteiger partial charge in [-0.2, -0.15) is 5.10 Å². The molecule has 0 bridgehead atoms. The molecule has 0 amide bonds. The van der Waals surface area contributed by atoms with E-state index in [4.69, 9.17) is 5.10 Å². The van der Waals surface area contributed by atoms with Gasteiger partial charge in [-0.3, -0.25) is 4.68 Å². The number of hydrogen-bond donors (Lipinski definition) is 1. The molecule has 0 aliphatic carbocycles. The summed E-state index contributed by atoms with van der Waals surface area (Å²) >= 11 is 0. The van der Waals surface area contributed by atoms with Crippen LogP contribution in [0.15, 0.2) is 12.3 Å². The Morgan fingerprint density at radius 2 is 1.95 bits per heavy atom. The Hall–Kier alpha value is -0.870. The van der Waals surface area contributed by atoms with E-state index in [2.05, 4.69) is 47.9 Å². The third kappa shape index (κ3) is 4.82. The molecule has 0 saturated carbocycles. The average molecular weight is 292 g/mol. The molecule has 0 atom stereocenters. The Bertz CT molecular complexity index is 389. The van der Waals surface area contributed by atoms with Gasteiger partial charge in [0.15, 0.2) is 0 Å². The summed E-state index contributed by atoms with van der Waals surface area (Å²) in [5.74, 6) is 0.842. The second-order valence-corrected chi connectivity index (χ2v) is 6.27. The molecular formula is C17H32N4. The van der Waals surface area contributed by atoms with Crippen LogP contribution in [0, 0.1) is 5.92 Å². The van der Waals surface area contributed by atoms with Gasteiger partial charge in [0, 0.05) is 12.7 Å². The minimum absolute atomic E-state index is 0.553. The molecule has 120 valence electrons. The minimum Gasteiger partial charge on any atom is -0.311 e. The molecule has 0 aromatic carbocycles. The molecule has 4 heteroatoms. The minimum atomic E-state index is 0.553. The van der Waals surface area contributed by atoms with Crippen LogP contribution in [0.1, 0.15) is 58.2 Å². The van der Waals surface area contributed by atoms with Gasteiger partial charge in [-0.1, -0.05) is 20.8 Å². The van der Waals surface area contributed by atoms with E-state index >= 15 is 0 Å². The van der Waals surface area contributed by atoms with Crippen LogP contribution in [0.2, 0.25) is 0 Å². The van der Waals surface area contributed by atoms with Gasteiger partial charge in [-0.05, 0) is 63.8 Å². The molecule has 1 N–H and O–H groups in total. The van der Waals surface area contributed by atoms with Crippen molar-refractivity contribution < 1.29 is 0 Å². The first-order chi connectivity index (χ1) is 10.3. The standard InChI is InChI=1S/C17H32N4/c1-4-17(5-2)21-12-9-16(19-21)14-18-13-15-7-10-20(6-3)11-8-15/h9,12,15,17-18H,4-8,10-11,13-14H2,1-3H3. The normalized spacial score (nSPS) is 17.7. The number of likely N-dealkylation sites (tertiary alicyclic amines) is 1. The molecule has 2 rings (SSSR count). The van der Waals surface area contributed by atoms with E-state index in [1.165, 1.54) is 38.2 Å². The van der Waals surface area contributed by atoms with Crippen molar-refractivity contribution in [3.05, 3.63) is 18.0 Å². The van der Waals surface area contributed by atoms with Crippen molar-refractivity contribution in [3.8, 4) is 0 Å². The van der Waals surface area contributed by atoms with Crippen LogP contribution in [0.25, 0.3) is 0 Å². The molecule has 1 aromatic rings. The van der Waals surface area contributed by atoms with Gasteiger partial charge in [0.25, 0.3) is 0 Å². The molecule has 1 fully saturated rings. The fraction of sp³-hybridized carbons (Fsp3) is 0.824. The van der Waals surface area contributed by atoms with Crippen molar-refractivity contribution >= 4 is 0 Å². The second-order valence-electron chi connectivity index (χ2n) is 6.27. The van der Waals surface area contributed by atoms with Gasteiger partial charge in [0.1, 0.15) is 0 Å². The van der Waals surface area contributed by atoms with E-state index < -0.39 is 0 Å². The maximum absolute atomic E-state index is 4.71. The Kier molecular flexibility index (Phi) is 6.71. The van der Waals surface area contributed by atoms with Gasteiger partial charge in [0.2, 0.25) is 0 Å². The lowest BCUT2D eigenvalue weighted by molar-refractivity contribution is 0.190. The van der Waals surface area contributed by atoms with Crippen molar-refractivity contribution in [2.45, 2.75) is 59.0 Å². The zero-order valence-electron chi connectivity index (χ0n) is 14.0. The second kappa shape index (κ2) is 8.54. The van der Waals surface area contributed by atoms with Crippen LogP contribution in [-0.4, -0.2) is 40.9 Å². The topological polar surface area (TPSA) is 33.1 Å². The highest BCUT2D eigenvalue weighted by molar-refractivity contribution is 4.99. The molecule has 1 saturated heterocycles. The van der Waals surface area contributed by atoms with Gasteiger partial charge < -0.3 is 10.2 Å². The molecule has 4 nitrogen and oxygen atoms in total. The fourth-order valence-electron chi connectivity index (χ4n) is 3.25. The average Bonchev–Trinajstić information content (AvgIpc) is 2.98. The lowest BCUT2D eigenvalue weighted by Gasteiger charge is -2.31. The van der Waals surface area contributed by atoms with Crippen LogP contribution < -0.4 is 5.32 Å². The Morgan fingerprint density at radius 1 is 1.24 bits per heavy atom. The summed E-state index contributed by atoms with van der Waals surface area (Å²) in [5, 5.41) is 8.30. The number of hydrogen-bond acceptors (Lipinski definition) is 3. The van der Waals surface area contributed by atoms with Crippen LogP contribution in [-0.2, 0) is 6.54 Å². The first kappa shape index (κ1) is 16.5. The lowest BCUT2D eigenvalue weighted by Crippen LogP contribution is -2.37. The van der Waals surface area contributed by atoms with Gasteiger partial charge in [-0.15, -0.1) is 0 Å². The first-order valence-corrected chi connectivity index (χ1v) is 8.73. The maximum atomic E-state index is 4.71. The van der Waals surface area contributed by atoms with E-state index in [9.17, 15) is 0 Å². The number of rotatable bonds is 8. The number of nitrogens with zero attached hydrogens (tertiary/aromatic N) is 3. The lowest BCUT2D eigenvalue weighted by atomic mass is 9.97. The highest BCUT2D eigenvalue weighted by Crippen LogP contribution is 2.16. The molecule has 2 heterocycles. The third-order valence-electron chi connectivity index (χ3n) is 4.87. The SMILES string of the molecule is CCC(CC)n1ccc(CNCC2CCN(CC)CC2)n1. The van der Waals surface area contributed by atoms with E-state index in [0.717, 1.165) is 31.8 Å². The number of nitrogens with one attached hydrogen (secondary N) is 1. The zero-order valence-corrected chi connectivity index (χ0v) is 14.0. The molecule has 0 unspecified atom stereocenters. The van der Waals surface area contributed by atoms with E-state index in [0.29, 0.717) is 6.04 Å². The highest BCUT2D eigenvalue weighted by atomic mass is 15.3. The van der Waals surface area contributed by atoms with Crippen molar-refractivity contribution in [1.82, 2.24) is 20.0 Å². The van der Waals surface area contributed by atoms with Crippen molar-refractivity contribution in [3.63, 3.8) is 0 Å². The van der Waals surface area contributed by atoms with Crippen LogP contribution in [0.3, 0.4) is 0 Å². The largest absolute Gasteiger partial charge is 0.311 e. The predicted molar refractivity (Wildman–Crippen MR) is 88.4 cm³/mol. The van der Waals surface area contributed by atoms with Crippen molar-refractivity contribution in [1.29, 1.82) is 0 Å². The van der Waals surface area contributed by atoms with Gasteiger partial charge in [0.05, 0.1) is 11.7 Å². The molecular weight excluding hydrogens is 260 g/mol. The smallest absolute Gasteiger partial charge is 0.0762 e. The van der Waals surface area contributed by atoms with Gasteiger partial charge >= 0.3 is 0 Å². The summed E-state index contributed by atoms with van der Waals surface area (Å²) in [7, 11) is 0. The summed E-state index contributed by atoms with van der Waals surface area (Å²) in [6, 6.07) is 2.71. The molecule has 1 aliphatic heterocycles. The molecule has 1 aliphatic rings. The predicted octanol–water partition coefficient (Wildman–Crippen LogP) is 3.07. The van der Waals surface area contributed by atoms with E-state index in [-0.39, 0.29) is 0 Å². The maximum Gasteiger partial charge on any atom is 0.0762 e. The molecule has 21 heavy (non-hydrogen) atoms. The summed E-state index contributed by atoms with van der Waals surface area (Å²) in [5.41, 5.74) is 1.17. The summed E-state index contributed by atoms with van der Waals surface area (Å²) in [6.45, 7) is 12.5. The first-order valence-electron chi connectivity index (χ1n) is 8.73. The van der Waals surface area contributed by atoms with Crippen molar-refractivity contribution in [2.75, 3.05) is 26.2 Å². The van der Waals surface area contributed by atoms with Crippen LogP contribution in [0.4, 0.5) is 0 Å². The summed E-state index contributed by atoms with van der Waals surface area (Å²) < 4.78 is 2.14. The zero-order chi connectivity index (χ0) is 15.1. The number of aromatic nitrogens is 2. The molecule has 0 radical (unpaired) electrons. The van der Waals surface area contributed by atoms with Crippen molar-refractivity contribution in [2.24, 2.45) is 5.92 Å². The molecule has 1 aromatic heterocycles. The van der Waals surface area contributed by atoms with Crippen LogP contribution >= 0.6 is 0 Å². The molecule has 0 spiro atoms. The number of piperidine rings is 1. The Morgan fingerprint density at radius 3 is 2.57 bits per heavy atom. The highest BCUT2D eigenvalue weighted by Gasteiger charge is 2.17. The van der Waals surface area contributed by atoms with Gasteiger partial charge in [-0.25, -0.2) is 0 Å². The third-order valence-corrected chi connectivity index (χ3v) is 4.87. The summed E-state index contributed by atoms with van der Waals surface area (Å²) in [4.78, 5) is 2.55. The Balaban J connectivity index is 1.69. The fourth-order valence-corrected chi connectivity index (χ4v) is 3.25. The summed E-state index contributed by atoms with van der Waals surface area (Å²) in [6.07, 6.45) is 7.11. The van der Waals surface area contributed by atoms with E-state index in [1.807, 2.05) is 0 Å². The van der Waals surface area contributed by atoms with E-state index in [1.54, 1.807) is 0 Å². The quantitative estimate of drug-likeness (QED) is 0.799.